The van der Waals surface area contributed by atoms with Crippen LogP contribution in [0.1, 0.15) is 11.1 Å². The second-order valence-electron chi connectivity index (χ2n) is 7.93. The smallest absolute Gasteiger partial charge is 0.256 e. The third-order valence-electron chi connectivity index (χ3n) is 5.67. The number of carbonyl (C=O) groups excluding carboxylic acids is 1. The summed E-state index contributed by atoms with van der Waals surface area (Å²) in [6.07, 6.45) is 0. The van der Waals surface area contributed by atoms with Gasteiger partial charge in [-0.1, -0.05) is 18.2 Å². The standard InChI is InChI=1S/C27H27N3O4/c1-18-6-4-5-7-24(18)29-26(31)17-30-25-15-23(34-3)11-8-19(25)14-20(27(30)32)16-28-21-9-12-22(33-2)13-10-21/h4-15,28H,16-17H2,1-3H3,(H,29,31). The van der Waals surface area contributed by atoms with Gasteiger partial charge in [-0.2, -0.15) is 0 Å². The Bertz CT molecular complexity index is 1380. The topological polar surface area (TPSA) is 81.6 Å². The van der Waals surface area contributed by atoms with Crippen molar-refractivity contribution in [2.24, 2.45) is 0 Å². The number of para-hydroxylation sites is 1. The largest absolute Gasteiger partial charge is 0.497 e. The first-order valence-corrected chi connectivity index (χ1v) is 10.9. The van der Waals surface area contributed by atoms with Gasteiger partial charge >= 0.3 is 0 Å². The molecule has 34 heavy (non-hydrogen) atoms. The lowest BCUT2D eigenvalue weighted by Crippen LogP contribution is -2.30. The van der Waals surface area contributed by atoms with Crippen molar-refractivity contribution in [3.63, 3.8) is 0 Å². The van der Waals surface area contributed by atoms with Gasteiger partial charge in [-0.25, -0.2) is 0 Å². The van der Waals surface area contributed by atoms with Crippen LogP contribution in [0.25, 0.3) is 10.9 Å². The molecule has 0 spiro atoms. The Kier molecular flexibility index (Phi) is 6.82. The molecule has 0 aliphatic carbocycles. The first kappa shape index (κ1) is 22.9. The fourth-order valence-electron chi connectivity index (χ4n) is 3.77. The molecule has 0 bridgehead atoms. The summed E-state index contributed by atoms with van der Waals surface area (Å²) in [5, 5.41) is 7.03. The number of ether oxygens (including phenoxy) is 2. The van der Waals surface area contributed by atoms with E-state index < -0.39 is 0 Å². The van der Waals surface area contributed by atoms with Crippen molar-refractivity contribution in [2.75, 3.05) is 24.9 Å². The van der Waals surface area contributed by atoms with E-state index in [2.05, 4.69) is 10.6 Å². The summed E-state index contributed by atoms with van der Waals surface area (Å²) in [5.41, 5.74) is 3.49. The number of aryl methyl sites for hydroxylation is 1. The molecular formula is C27H27N3O4. The normalized spacial score (nSPS) is 10.7. The highest BCUT2D eigenvalue weighted by Crippen LogP contribution is 2.22. The lowest BCUT2D eigenvalue weighted by molar-refractivity contribution is -0.116. The number of methoxy groups -OCH3 is 2. The van der Waals surface area contributed by atoms with Crippen LogP contribution in [-0.4, -0.2) is 24.7 Å². The van der Waals surface area contributed by atoms with Gasteiger partial charge in [0.15, 0.2) is 0 Å². The van der Waals surface area contributed by atoms with Crippen molar-refractivity contribution < 1.29 is 14.3 Å². The van der Waals surface area contributed by atoms with Gasteiger partial charge in [-0.15, -0.1) is 0 Å². The van der Waals surface area contributed by atoms with Crippen molar-refractivity contribution in [3.05, 3.63) is 94.3 Å². The third-order valence-corrected chi connectivity index (χ3v) is 5.67. The van der Waals surface area contributed by atoms with E-state index in [1.807, 2.05) is 73.7 Å². The molecule has 1 aromatic heterocycles. The molecule has 0 aliphatic heterocycles. The lowest BCUT2D eigenvalue weighted by Gasteiger charge is -2.15. The third kappa shape index (κ3) is 5.04. The van der Waals surface area contributed by atoms with Crippen molar-refractivity contribution >= 4 is 28.2 Å². The SMILES string of the molecule is COc1ccc(NCc2cc3ccc(OC)cc3n(CC(=O)Nc3ccccc3C)c2=O)cc1. The summed E-state index contributed by atoms with van der Waals surface area (Å²) < 4.78 is 12.0. The van der Waals surface area contributed by atoms with E-state index in [1.54, 1.807) is 20.3 Å². The summed E-state index contributed by atoms with van der Waals surface area (Å²) in [7, 11) is 3.19. The van der Waals surface area contributed by atoms with Gasteiger partial charge in [0.05, 0.1) is 19.7 Å². The summed E-state index contributed by atoms with van der Waals surface area (Å²) in [6, 6.07) is 22.4. The molecule has 7 heteroatoms. The molecule has 0 fully saturated rings. The number of amides is 1. The Labute approximate surface area is 197 Å². The molecule has 7 nitrogen and oxygen atoms in total. The minimum atomic E-state index is -0.277. The van der Waals surface area contributed by atoms with Crippen LogP contribution in [0, 0.1) is 6.92 Å². The van der Waals surface area contributed by atoms with Crippen LogP contribution < -0.4 is 25.7 Å². The molecule has 4 aromatic rings. The second-order valence-corrected chi connectivity index (χ2v) is 7.93. The molecule has 4 rings (SSSR count). The zero-order valence-corrected chi connectivity index (χ0v) is 19.4. The number of hydrogen-bond donors (Lipinski definition) is 2. The molecule has 174 valence electrons. The van der Waals surface area contributed by atoms with Crippen molar-refractivity contribution in [2.45, 2.75) is 20.0 Å². The van der Waals surface area contributed by atoms with E-state index in [-0.39, 0.29) is 18.0 Å². The second kappa shape index (κ2) is 10.1. The van der Waals surface area contributed by atoms with Crippen molar-refractivity contribution in [3.8, 4) is 11.5 Å². The van der Waals surface area contributed by atoms with E-state index in [1.165, 1.54) is 4.57 Å². The van der Waals surface area contributed by atoms with E-state index in [9.17, 15) is 9.59 Å². The fourth-order valence-corrected chi connectivity index (χ4v) is 3.77. The highest BCUT2D eigenvalue weighted by molar-refractivity contribution is 5.92. The number of fused-ring (bicyclic) bond motifs is 1. The predicted molar refractivity (Wildman–Crippen MR) is 135 cm³/mol. The Hall–Kier alpha value is -4.26. The number of benzene rings is 3. The number of anilines is 2. The van der Waals surface area contributed by atoms with Crippen LogP contribution in [0.4, 0.5) is 11.4 Å². The first-order chi connectivity index (χ1) is 16.5. The van der Waals surface area contributed by atoms with Crippen LogP contribution in [0.2, 0.25) is 0 Å². The van der Waals surface area contributed by atoms with Crippen LogP contribution in [0.15, 0.2) is 77.6 Å². The van der Waals surface area contributed by atoms with E-state index in [0.29, 0.717) is 23.4 Å². The summed E-state index contributed by atoms with van der Waals surface area (Å²) >= 11 is 0. The molecule has 0 radical (unpaired) electrons. The summed E-state index contributed by atoms with van der Waals surface area (Å²) in [4.78, 5) is 26.3. The first-order valence-electron chi connectivity index (χ1n) is 10.9. The Morgan fingerprint density at radius 1 is 0.912 bits per heavy atom. The van der Waals surface area contributed by atoms with Crippen LogP contribution >= 0.6 is 0 Å². The predicted octanol–water partition coefficient (Wildman–Crippen LogP) is 4.58. The van der Waals surface area contributed by atoms with Gasteiger partial charge in [0.25, 0.3) is 5.56 Å². The maximum absolute atomic E-state index is 13.4. The molecule has 0 saturated carbocycles. The molecule has 0 unspecified atom stereocenters. The molecule has 1 heterocycles. The number of rotatable bonds is 8. The minimum Gasteiger partial charge on any atom is -0.497 e. The molecule has 0 aliphatic rings. The maximum atomic E-state index is 13.4. The van der Waals surface area contributed by atoms with Gasteiger partial charge in [-0.3, -0.25) is 14.2 Å². The zero-order chi connectivity index (χ0) is 24.1. The number of pyridine rings is 1. The van der Waals surface area contributed by atoms with Crippen LogP contribution in [0.5, 0.6) is 11.5 Å². The van der Waals surface area contributed by atoms with Gasteiger partial charge in [0.1, 0.15) is 18.0 Å². The summed E-state index contributed by atoms with van der Waals surface area (Å²) in [6.45, 7) is 2.12. The van der Waals surface area contributed by atoms with Gasteiger partial charge < -0.3 is 20.1 Å². The highest BCUT2D eigenvalue weighted by Gasteiger charge is 2.14. The Morgan fingerprint density at radius 3 is 2.32 bits per heavy atom. The number of nitrogens with zero attached hydrogens (tertiary/aromatic N) is 1. The number of aromatic nitrogens is 1. The zero-order valence-electron chi connectivity index (χ0n) is 19.4. The van der Waals surface area contributed by atoms with E-state index in [0.717, 1.165) is 28.1 Å². The molecule has 0 atom stereocenters. The van der Waals surface area contributed by atoms with Gasteiger partial charge in [0, 0.05) is 29.5 Å². The maximum Gasteiger partial charge on any atom is 0.256 e. The molecule has 2 N–H and O–H groups in total. The van der Waals surface area contributed by atoms with Crippen molar-refractivity contribution in [1.29, 1.82) is 0 Å². The van der Waals surface area contributed by atoms with Crippen molar-refractivity contribution in [1.82, 2.24) is 4.57 Å². The Balaban J connectivity index is 1.66. The van der Waals surface area contributed by atoms with Gasteiger partial charge in [0.2, 0.25) is 5.91 Å². The molecule has 3 aromatic carbocycles. The minimum absolute atomic E-state index is 0.118. The van der Waals surface area contributed by atoms with Crippen LogP contribution in [-0.2, 0) is 17.9 Å². The Morgan fingerprint density at radius 2 is 1.62 bits per heavy atom. The van der Waals surface area contributed by atoms with E-state index >= 15 is 0 Å². The number of carbonyl (C=O) groups is 1. The van der Waals surface area contributed by atoms with E-state index in [4.69, 9.17) is 9.47 Å². The molecule has 1 amide bonds. The quantitative estimate of drug-likeness (QED) is 0.405. The number of nitrogens with one attached hydrogen (secondary N) is 2. The lowest BCUT2D eigenvalue weighted by atomic mass is 10.1. The monoisotopic (exact) mass is 457 g/mol. The average Bonchev–Trinajstić information content (AvgIpc) is 2.86. The molecular weight excluding hydrogens is 430 g/mol. The van der Waals surface area contributed by atoms with Gasteiger partial charge in [-0.05, 0) is 66.4 Å². The number of hydrogen-bond acceptors (Lipinski definition) is 5. The highest BCUT2D eigenvalue weighted by atomic mass is 16.5. The van der Waals surface area contributed by atoms with Crippen LogP contribution in [0.3, 0.4) is 0 Å². The molecule has 0 saturated heterocycles. The fraction of sp³-hybridized carbons (Fsp3) is 0.185. The summed E-state index contributed by atoms with van der Waals surface area (Å²) in [5.74, 6) is 1.09. The average molecular weight is 458 g/mol.